The minimum atomic E-state index is -1.03. The van der Waals surface area contributed by atoms with Crippen molar-refractivity contribution in [2.24, 2.45) is 0 Å². The molecule has 1 unspecified atom stereocenters. The summed E-state index contributed by atoms with van der Waals surface area (Å²) in [6, 6.07) is 3.59. The zero-order valence-corrected chi connectivity index (χ0v) is 13.0. The summed E-state index contributed by atoms with van der Waals surface area (Å²) in [5.74, 6) is 0. The smallest absolute Gasteiger partial charge is 0.264 e. The van der Waals surface area contributed by atoms with Gasteiger partial charge < -0.3 is 9.84 Å². The Bertz CT molecular complexity index is 912. The summed E-state index contributed by atoms with van der Waals surface area (Å²) in [6.45, 7) is 1.04. The largest absolute Gasteiger partial charge is 0.386 e. The number of pyridine rings is 1. The fourth-order valence-corrected chi connectivity index (χ4v) is 3.01. The topological polar surface area (TPSA) is 95.1 Å². The molecule has 8 nitrogen and oxygen atoms in total. The predicted molar refractivity (Wildman–Crippen MR) is 85.9 cm³/mol. The molecule has 1 fully saturated rings. The van der Waals surface area contributed by atoms with Crippen molar-refractivity contribution in [1.82, 2.24) is 24.3 Å². The fourth-order valence-electron chi connectivity index (χ4n) is 3.01. The maximum Gasteiger partial charge on any atom is 0.264 e. The number of fused-ring (bicyclic) bond motifs is 1. The van der Waals surface area contributed by atoms with Crippen LogP contribution in [0.15, 0.2) is 41.8 Å². The molecular formula is C16H17N5O3. The van der Waals surface area contributed by atoms with Gasteiger partial charge in [0, 0.05) is 19.0 Å². The molecule has 0 bridgehead atoms. The quantitative estimate of drug-likeness (QED) is 0.753. The zero-order valence-electron chi connectivity index (χ0n) is 13.0. The lowest BCUT2D eigenvalue weighted by molar-refractivity contribution is -0.0947. The highest BCUT2D eigenvalue weighted by Crippen LogP contribution is 2.21. The Morgan fingerprint density at radius 3 is 2.92 bits per heavy atom. The van der Waals surface area contributed by atoms with Crippen LogP contribution in [0.5, 0.6) is 0 Å². The second kappa shape index (κ2) is 5.81. The third kappa shape index (κ3) is 2.59. The number of rotatable bonds is 3. The summed E-state index contributed by atoms with van der Waals surface area (Å²) in [4.78, 5) is 21.0. The molecular weight excluding hydrogens is 310 g/mol. The number of aromatic nitrogens is 5. The van der Waals surface area contributed by atoms with Crippen LogP contribution in [0.3, 0.4) is 0 Å². The SMILES string of the molecule is O=c1c2cnn(-c3ccncc3)c2ncn1CC1(O)CCCOC1. The summed E-state index contributed by atoms with van der Waals surface area (Å²) < 4.78 is 8.36. The van der Waals surface area contributed by atoms with Crippen LogP contribution in [0.1, 0.15) is 12.8 Å². The summed E-state index contributed by atoms with van der Waals surface area (Å²) in [7, 11) is 0. The van der Waals surface area contributed by atoms with Gasteiger partial charge in [-0.25, -0.2) is 9.67 Å². The van der Waals surface area contributed by atoms with E-state index >= 15 is 0 Å². The lowest BCUT2D eigenvalue weighted by Crippen LogP contribution is -2.44. The molecule has 4 rings (SSSR count). The third-order valence-electron chi connectivity index (χ3n) is 4.23. The van der Waals surface area contributed by atoms with Crippen LogP contribution in [0.2, 0.25) is 0 Å². The Kier molecular flexibility index (Phi) is 3.62. The maximum atomic E-state index is 12.7. The van der Waals surface area contributed by atoms with Crippen LogP contribution in [0, 0.1) is 0 Å². The molecule has 0 aliphatic carbocycles. The highest BCUT2D eigenvalue weighted by Gasteiger charge is 2.31. The van der Waals surface area contributed by atoms with Gasteiger partial charge in [-0.05, 0) is 25.0 Å². The zero-order chi connectivity index (χ0) is 16.6. The molecule has 3 aromatic heterocycles. The van der Waals surface area contributed by atoms with Gasteiger partial charge in [0.25, 0.3) is 5.56 Å². The van der Waals surface area contributed by atoms with Crippen LogP contribution in [0.25, 0.3) is 16.7 Å². The Labute approximate surface area is 137 Å². The first-order valence-corrected chi connectivity index (χ1v) is 7.80. The molecule has 1 N–H and O–H groups in total. The van der Waals surface area contributed by atoms with Crippen LogP contribution in [-0.2, 0) is 11.3 Å². The normalized spacial score (nSPS) is 21.2. The first-order chi connectivity index (χ1) is 11.7. The number of hydrogen-bond donors (Lipinski definition) is 1. The molecule has 24 heavy (non-hydrogen) atoms. The molecule has 0 radical (unpaired) electrons. The molecule has 0 aromatic carbocycles. The number of hydrogen-bond acceptors (Lipinski definition) is 6. The highest BCUT2D eigenvalue weighted by molar-refractivity contribution is 5.74. The number of ether oxygens (including phenoxy) is 1. The summed E-state index contributed by atoms with van der Waals surface area (Å²) in [6.07, 6.45) is 7.65. The van der Waals surface area contributed by atoms with Gasteiger partial charge in [0.1, 0.15) is 17.3 Å². The lowest BCUT2D eigenvalue weighted by atomic mass is 9.97. The molecule has 0 spiro atoms. The maximum absolute atomic E-state index is 12.7. The predicted octanol–water partition coefficient (Wildman–Crippen LogP) is 0.519. The van der Waals surface area contributed by atoms with Crippen molar-refractivity contribution >= 4 is 11.0 Å². The molecule has 1 aliphatic heterocycles. The molecule has 8 heteroatoms. The minimum Gasteiger partial charge on any atom is -0.386 e. The number of aliphatic hydroxyl groups is 1. The monoisotopic (exact) mass is 327 g/mol. The van der Waals surface area contributed by atoms with Gasteiger partial charge in [0.15, 0.2) is 5.65 Å². The average molecular weight is 327 g/mol. The van der Waals surface area contributed by atoms with Crippen molar-refractivity contribution in [3.8, 4) is 5.69 Å². The van der Waals surface area contributed by atoms with Gasteiger partial charge in [0.05, 0.1) is 25.0 Å². The van der Waals surface area contributed by atoms with Crippen LogP contribution in [0.4, 0.5) is 0 Å². The second-order valence-electron chi connectivity index (χ2n) is 6.06. The van der Waals surface area contributed by atoms with E-state index in [0.717, 1.165) is 12.1 Å². The van der Waals surface area contributed by atoms with Gasteiger partial charge in [0.2, 0.25) is 0 Å². The first-order valence-electron chi connectivity index (χ1n) is 7.80. The van der Waals surface area contributed by atoms with Crippen LogP contribution in [-0.4, -0.2) is 48.2 Å². The minimum absolute atomic E-state index is 0.162. The lowest BCUT2D eigenvalue weighted by Gasteiger charge is -2.32. The average Bonchev–Trinajstić information content (AvgIpc) is 3.03. The van der Waals surface area contributed by atoms with Gasteiger partial charge in [-0.15, -0.1) is 0 Å². The van der Waals surface area contributed by atoms with Crippen molar-refractivity contribution in [3.05, 3.63) is 47.4 Å². The Morgan fingerprint density at radius 1 is 1.33 bits per heavy atom. The van der Waals surface area contributed by atoms with Gasteiger partial charge in [-0.2, -0.15) is 5.10 Å². The Hall–Kier alpha value is -2.58. The van der Waals surface area contributed by atoms with E-state index in [0.29, 0.717) is 24.1 Å². The molecule has 4 heterocycles. The first kappa shape index (κ1) is 15.0. The van der Waals surface area contributed by atoms with Gasteiger partial charge >= 0.3 is 0 Å². The van der Waals surface area contributed by atoms with Crippen LogP contribution < -0.4 is 5.56 Å². The Morgan fingerprint density at radius 2 is 2.17 bits per heavy atom. The molecule has 0 saturated carbocycles. The van der Waals surface area contributed by atoms with E-state index in [-0.39, 0.29) is 18.7 Å². The second-order valence-corrected chi connectivity index (χ2v) is 6.06. The summed E-state index contributed by atoms with van der Waals surface area (Å²) >= 11 is 0. The van der Waals surface area contributed by atoms with E-state index in [1.807, 2.05) is 0 Å². The van der Waals surface area contributed by atoms with Crippen molar-refractivity contribution in [2.45, 2.75) is 25.0 Å². The van der Waals surface area contributed by atoms with Crippen molar-refractivity contribution in [3.63, 3.8) is 0 Å². The third-order valence-corrected chi connectivity index (χ3v) is 4.23. The molecule has 3 aromatic rings. The molecule has 124 valence electrons. The number of nitrogens with zero attached hydrogens (tertiary/aromatic N) is 5. The van der Waals surface area contributed by atoms with Crippen LogP contribution >= 0.6 is 0 Å². The van der Waals surface area contributed by atoms with Crippen molar-refractivity contribution in [2.75, 3.05) is 13.2 Å². The standard InChI is InChI=1S/C16H17N5O3/c22-15-13-8-19-21(12-2-5-17-6-3-12)14(13)18-11-20(15)9-16(23)4-1-7-24-10-16/h2-3,5-6,8,11,23H,1,4,7,9-10H2. The van der Waals surface area contributed by atoms with Gasteiger partial charge in [-0.3, -0.25) is 14.3 Å². The van der Waals surface area contributed by atoms with E-state index in [1.54, 1.807) is 29.2 Å². The highest BCUT2D eigenvalue weighted by atomic mass is 16.5. The van der Waals surface area contributed by atoms with Gasteiger partial charge in [-0.1, -0.05) is 0 Å². The van der Waals surface area contributed by atoms with Crippen molar-refractivity contribution < 1.29 is 9.84 Å². The Balaban J connectivity index is 1.73. The van der Waals surface area contributed by atoms with E-state index in [4.69, 9.17) is 4.74 Å². The fraction of sp³-hybridized carbons (Fsp3) is 0.375. The van der Waals surface area contributed by atoms with E-state index in [1.165, 1.54) is 17.1 Å². The summed E-state index contributed by atoms with van der Waals surface area (Å²) in [5, 5.41) is 15.2. The molecule has 0 amide bonds. The molecule has 1 aliphatic rings. The van der Waals surface area contributed by atoms with E-state index in [9.17, 15) is 9.90 Å². The molecule has 1 saturated heterocycles. The van der Waals surface area contributed by atoms with Crippen molar-refractivity contribution in [1.29, 1.82) is 0 Å². The van der Waals surface area contributed by atoms with E-state index < -0.39 is 5.60 Å². The molecule has 1 atom stereocenters. The van der Waals surface area contributed by atoms with E-state index in [2.05, 4.69) is 15.1 Å². The summed E-state index contributed by atoms with van der Waals surface area (Å²) in [5.41, 5.74) is 0.0102.